The molecule has 2 saturated heterocycles. The van der Waals surface area contributed by atoms with E-state index in [0.717, 1.165) is 12.0 Å². The Bertz CT molecular complexity index is 853. The standard InChI is InChI=1S/C19H22FN5O2S/c1-12-10-24(6-5-13(12)8-22-2)17-4-3-14(7-16(17)20)25-11-15(27-19(25)26)9-23-18(21)28/h3-4,7-8,12,15H,5-6,9-11H2,1H3,(H3,21,23,28)/b13-8+/t12?,15-/m0/s1. The third-order valence-corrected chi connectivity index (χ3v) is 5.13. The van der Waals surface area contributed by atoms with Gasteiger partial charge in [-0.2, -0.15) is 0 Å². The lowest BCUT2D eigenvalue weighted by Crippen LogP contribution is -2.37. The second kappa shape index (κ2) is 8.44. The third kappa shape index (κ3) is 4.34. The maximum Gasteiger partial charge on any atom is 0.414 e. The molecule has 2 aliphatic heterocycles. The minimum absolute atomic E-state index is 0.134. The van der Waals surface area contributed by atoms with Crippen molar-refractivity contribution in [2.75, 3.05) is 36.0 Å². The van der Waals surface area contributed by atoms with Crippen LogP contribution < -0.4 is 20.9 Å². The lowest BCUT2D eigenvalue weighted by molar-refractivity contribution is 0.143. The molecule has 3 N–H and O–H groups in total. The molecule has 1 amide bonds. The van der Waals surface area contributed by atoms with Gasteiger partial charge in [-0.1, -0.05) is 12.5 Å². The van der Waals surface area contributed by atoms with E-state index >= 15 is 0 Å². The molecule has 0 aromatic heterocycles. The molecule has 7 nitrogen and oxygen atoms in total. The van der Waals surface area contributed by atoms with E-state index < -0.39 is 12.2 Å². The summed E-state index contributed by atoms with van der Waals surface area (Å²) in [5.74, 6) is -0.197. The van der Waals surface area contributed by atoms with Crippen molar-refractivity contribution in [3.8, 4) is 0 Å². The number of nitrogens with one attached hydrogen (secondary N) is 1. The molecule has 1 aromatic rings. The van der Waals surface area contributed by atoms with Crippen molar-refractivity contribution in [2.45, 2.75) is 19.4 Å². The number of hydrogen-bond donors (Lipinski definition) is 2. The topological polar surface area (TPSA) is 75.2 Å². The number of benzene rings is 1. The number of anilines is 2. The predicted octanol–water partition coefficient (Wildman–Crippen LogP) is 2.63. The summed E-state index contributed by atoms with van der Waals surface area (Å²) in [6.45, 7) is 10.9. The minimum atomic E-state index is -0.526. The molecule has 3 rings (SSSR count). The average Bonchev–Trinajstić information content (AvgIpc) is 3.02. The second-order valence-corrected chi connectivity index (χ2v) is 7.37. The number of halogens is 1. The number of cyclic esters (lactones) is 1. The van der Waals surface area contributed by atoms with Crippen molar-refractivity contribution >= 4 is 34.8 Å². The van der Waals surface area contributed by atoms with Gasteiger partial charge in [-0.25, -0.2) is 14.0 Å². The number of hydrogen-bond acceptors (Lipinski definition) is 4. The maximum atomic E-state index is 14.8. The minimum Gasteiger partial charge on any atom is -0.442 e. The van der Waals surface area contributed by atoms with Gasteiger partial charge in [0.25, 0.3) is 0 Å². The van der Waals surface area contributed by atoms with E-state index in [9.17, 15) is 9.18 Å². The summed E-state index contributed by atoms with van der Waals surface area (Å²) in [5, 5.41) is 2.90. The summed E-state index contributed by atoms with van der Waals surface area (Å²) >= 11 is 4.75. The summed E-state index contributed by atoms with van der Waals surface area (Å²) in [7, 11) is 0. The van der Waals surface area contributed by atoms with E-state index in [1.54, 1.807) is 18.3 Å². The fraction of sp³-hybridized carbons (Fsp3) is 0.421. The van der Waals surface area contributed by atoms with E-state index in [1.165, 1.54) is 11.0 Å². The zero-order valence-electron chi connectivity index (χ0n) is 15.5. The SMILES string of the molecule is [C-]#[N+]/C=C1\CCN(c2ccc(N3C[C@H](CNC(N)=S)OC3=O)cc2F)CC1C. The predicted molar refractivity (Wildman–Crippen MR) is 109 cm³/mol. The highest BCUT2D eigenvalue weighted by atomic mass is 32.1. The third-order valence-electron chi connectivity index (χ3n) is 4.99. The van der Waals surface area contributed by atoms with Crippen molar-refractivity contribution in [1.82, 2.24) is 5.32 Å². The number of nitrogens with two attached hydrogens (primary N) is 1. The molecule has 1 unspecified atom stereocenters. The van der Waals surface area contributed by atoms with Crippen LogP contribution in [-0.2, 0) is 4.74 Å². The van der Waals surface area contributed by atoms with Crippen LogP contribution in [0.15, 0.2) is 30.0 Å². The number of rotatable bonds is 4. The Balaban J connectivity index is 1.69. The van der Waals surface area contributed by atoms with Crippen molar-refractivity contribution < 1.29 is 13.9 Å². The van der Waals surface area contributed by atoms with Crippen LogP contribution in [0.2, 0.25) is 0 Å². The fourth-order valence-corrected chi connectivity index (χ4v) is 3.60. The van der Waals surface area contributed by atoms with Crippen LogP contribution in [0.25, 0.3) is 4.85 Å². The smallest absolute Gasteiger partial charge is 0.414 e. The maximum absolute atomic E-state index is 14.8. The molecule has 0 saturated carbocycles. The van der Waals surface area contributed by atoms with Gasteiger partial charge in [0.15, 0.2) is 11.3 Å². The van der Waals surface area contributed by atoms with E-state index in [1.807, 2.05) is 11.8 Å². The van der Waals surface area contributed by atoms with Gasteiger partial charge in [0.05, 0.1) is 31.0 Å². The van der Waals surface area contributed by atoms with Crippen LogP contribution in [0.4, 0.5) is 20.6 Å². The second-order valence-electron chi connectivity index (χ2n) is 6.93. The Morgan fingerprint density at radius 3 is 2.96 bits per heavy atom. The van der Waals surface area contributed by atoms with Crippen molar-refractivity contribution in [2.24, 2.45) is 11.7 Å². The van der Waals surface area contributed by atoms with Gasteiger partial charge < -0.3 is 20.7 Å². The Morgan fingerprint density at radius 1 is 1.54 bits per heavy atom. The normalized spacial score (nSPS) is 23.5. The number of nitrogens with zero attached hydrogens (tertiary/aromatic N) is 3. The number of amides is 1. The molecular formula is C19H22FN5O2S. The van der Waals surface area contributed by atoms with Crippen molar-refractivity contribution in [1.29, 1.82) is 0 Å². The van der Waals surface area contributed by atoms with Crippen LogP contribution >= 0.6 is 12.2 Å². The first kappa shape index (κ1) is 19.9. The number of carbonyl (C=O) groups excluding carboxylic acids is 1. The number of ether oxygens (including phenoxy) is 1. The lowest BCUT2D eigenvalue weighted by Gasteiger charge is -2.35. The van der Waals surface area contributed by atoms with Gasteiger partial charge in [-0.15, -0.1) is 0 Å². The molecule has 148 valence electrons. The molecule has 2 fully saturated rings. The Labute approximate surface area is 168 Å². The monoisotopic (exact) mass is 403 g/mol. The molecule has 0 bridgehead atoms. The number of carbonyl (C=O) groups is 1. The van der Waals surface area contributed by atoms with Gasteiger partial charge in [0.2, 0.25) is 0 Å². The summed E-state index contributed by atoms with van der Waals surface area (Å²) < 4.78 is 20.1. The van der Waals surface area contributed by atoms with Gasteiger partial charge in [0.1, 0.15) is 11.9 Å². The summed E-state index contributed by atoms with van der Waals surface area (Å²) in [4.78, 5) is 18.8. The fourth-order valence-electron chi connectivity index (χ4n) is 3.52. The Morgan fingerprint density at radius 2 is 2.32 bits per heavy atom. The van der Waals surface area contributed by atoms with E-state index in [2.05, 4.69) is 10.2 Å². The van der Waals surface area contributed by atoms with Crippen molar-refractivity contribution in [3.63, 3.8) is 0 Å². The highest BCUT2D eigenvalue weighted by Gasteiger charge is 2.33. The molecule has 0 radical (unpaired) electrons. The van der Waals surface area contributed by atoms with Gasteiger partial charge >= 0.3 is 6.09 Å². The van der Waals surface area contributed by atoms with Crippen LogP contribution in [0, 0.1) is 18.3 Å². The lowest BCUT2D eigenvalue weighted by atomic mass is 9.93. The molecule has 2 heterocycles. The van der Waals surface area contributed by atoms with Crippen LogP contribution in [0.5, 0.6) is 0 Å². The zero-order valence-corrected chi connectivity index (χ0v) is 16.3. The van der Waals surface area contributed by atoms with Gasteiger partial charge in [-0.05, 0) is 42.8 Å². The first-order chi connectivity index (χ1) is 13.4. The molecule has 0 spiro atoms. The highest BCUT2D eigenvalue weighted by molar-refractivity contribution is 7.80. The molecule has 1 aromatic carbocycles. The van der Waals surface area contributed by atoms with Crippen LogP contribution in [0.1, 0.15) is 13.3 Å². The van der Waals surface area contributed by atoms with Gasteiger partial charge in [-0.3, -0.25) is 4.90 Å². The number of piperidine rings is 1. The van der Waals surface area contributed by atoms with Crippen LogP contribution in [-0.4, -0.2) is 43.5 Å². The highest BCUT2D eigenvalue weighted by Crippen LogP contribution is 2.32. The van der Waals surface area contributed by atoms with Gasteiger partial charge in [0, 0.05) is 13.1 Å². The number of thiocarbonyl (C=S) groups is 1. The van der Waals surface area contributed by atoms with Crippen molar-refractivity contribution in [3.05, 3.63) is 47.2 Å². The largest absolute Gasteiger partial charge is 0.442 e. The van der Waals surface area contributed by atoms with E-state index in [4.69, 9.17) is 29.3 Å². The van der Waals surface area contributed by atoms with E-state index in [0.29, 0.717) is 37.6 Å². The molecule has 2 aliphatic rings. The molecule has 2 atom stereocenters. The Hall–Kier alpha value is -2.86. The summed E-state index contributed by atoms with van der Waals surface area (Å²) in [5.41, 5.74) is 7.43. The summed E-state index contributed by atoms with van der Waals surface area (Å²) in [6, 6.07) is 4.77. The molecule has 9 heteroatoms. The summed E-state index contributed by atoms with van der Waals surface area (Å²) in [6.07, 6.45) is 1.37. The Kier molecular flexibility index (Phi) is 5.99. The average molecular weight is 403 g/mol. The first-order valence-electron chi connectivity index (χ1n) is 9.00. The quantitative estimate of drug-likeness (QED) is 0.595. The molecular weight excluding hydrogens is 381 g/mol. The zero-order chi connectivity index (χ0) is 20.3. The first-order valence-corrected chi connectivity index (χ1v) is 9.41. The molecule has 0 aliphatic carbocycles. The molecule has 28 heavy (non-hydrogen) atoms. The van der Waals surface area contributed by atoms with Crippen LogP contribution in [0.3, 0.4) is 0 Å². The van der Waals surface area contributed by atoms with E-state index in [-0.39, 0.29) is 16.8 Å².